The van der Waals surface area contributed by atoms with Crippen molar-refractivity contribution in [2.45, 2.75) is 71.9 Å². The first-order valence-electron chi connectivity index (χ1n) is 10.4. The molecule has 1 amide bonds. The number of benzene rings is 1. The highest BCUT2D eigenvalue weighted by atomic mass is 16.6. The van der Waals surface area contributed by atoms with Crippen LogP contribution < -0.4 is 10.4 Å². The van der Waals surface area contributed by atoms with Crippen LogP contribution >= 0.6 is 0 Å². The van der Waals surface area contributed by atoms with E-state index >= 15 is 0 Å². The highest BCUT2D eigenvalue weighted by Crippen LogP contribution is 2.30. The quantitative estimate of drug-likeness (QED) is 0.419. The van der Waals surface area contributed by atoms with Gasteiger partial charge in [0.15, 0.2) is 0 Å². The van der Waals surface area contributed by atoms with E-state index < -0.39 is 29.3 Å². The largest absolute Gasteiger partial charge is 0.444 e. The smallest absolute Gasteiger partial charge is 0.411 e. The fraction of sp³-hybridized carbons (Fsp3) is 0.522. The summed E-state index contributed by atoms with van der Waals surface area (Å²) in [5.41, 5.74) is 0.849. The minimum absolute atomic E-state index is 0.320. The molecule has 0 aliphatic carbocycles. The van der Waals surface area contributed by atoms with Gasteiger partial charge >= 0.3 is 17.7 Å². The van der Waals surface area contributed by atoms with Gasteiger partial charge in [-0.1, -0.05) is 13.3 Å². The first-order chi connectivity index (χ1) is 14.1. The molecule has 1 aliphatic rings. The maximum atomic E-state index is 12.9. The Bertz CT molecular complexity index is 1020. The molecule has 1 aromatic heterocycles. The Morgan fingerprint density at radius 1 is 1.27 bits per heavy atom. The van der Waals surface area contributed by atoms with Crippen LogP contribution in [0.4, 0.5) is 4.79 Å². The number of esters is 1. The zero-order valence-electron chi connectivity index (χ0n) is 18.2. The Hall–Kier alpha value is -2.83. The number of ether oxygens (including phenoxy) is 2. The summed E-state index contributed by atoms with van der Waals surface area (Å²) in [7, 11) is 0. The van der Waals surface area contributed by atoms with E-state index in [-0.39, 0.29) is 0 Å². The molecule has 3 rings (SSSR count). The Morgan fingerprint density at radius 2 is 2.00 bits per heavy atom. The molecule has 1 aliphatic heterocycles. The molecule has 1 fully saturated rings. The van der Waals surface area contributed by atoms with Gasteiger partial charge in [-0.3, -0.25) is 4.90 Å². The summed E-state index contributed by atoms with van der Waals surface area (Å²) in [5.74, 6) is -0.201. The molecule has 0 spiro atoms. The van der Waals surface area contributed by atoms with E-state index in [1.165, 1.54) is 11.0 Å². The first kappa shape index (κ1) is 21.9. The van der Waals surface area contributed by atoms with Crippen molar-refractivity contribution in [3.05, 3.63) is 39.7 Å². The minimum Gasteiger partial charge on any atom is -0.444 e. The average Bonchev–Trinajstić information content (AvgIpc) is 3.13. The Morgan fingerprint density at radius 3 is 2.67 bits per heavy atom. The van der Waals surface area contributed by atoms with Crippen LogP contribution in [0.25, 0.3) is 11.0 Å². The van der Waals surface area contributed by atoms with Crippen molar-refractivity contribution < 1.29 is 23.5 Å². The Kier molecular flexibility index (Phi) is 6.19. The van der Waals surface area contributed by atoms with Gasteiger partial charge in [-0.2, -0.15) is 0 Å². The lowest BCUT2D eigenvalue weighted by Gasteiger charge is -2.27. The van der Waals surface area contributed by atoms with Crippen LogP contribution in [-0.2, 0) is 16.0 Å². The van der Waals surface area contributed by atoms with Crippen LogP contribution in [0.5, 0.6) is 5.75 Å². The number of likely N-dealkylation sites (tertiary alicyclic amines) is 1. The van der Waals surface area contributed by atoms with Crippen molar-refractivity contribution in [3.8, 4) is 5.75 Å². The number of carbonyl (C=O) groups excluding carboxylic acids is 2. The summed E-state index contributed by atoms with van der Waals surface area (Å²) in [6.45, 7) is 9.60. The van der Waals surface area contributed by atoms with Gasteiger partial charge in [0.1, 0.15) is 23.0 Å². The van der Waals surface area contributed by atoms with Gasteiger partial charge in [-0.15, -0.1) is 0 Å². The lowest BCUT2D eigenvalue weighted by Crippen LogP contribution is -2.44. The van der Waals surface area contributed by atoms with Crippen molar-refractivity contribution in [1.29, 1.82) is 0 Å². The molecular formula is C23H29NO6. The van der Waals surface area contributed by atoms with E-state index in [2.05, 4.69) is 0 Å². The predicted octanol–water partition coefficient (Wildman–Crippen LogP) is 4.36. The molecule has 0 radical (unpaired) electrons. The lowest BCUT2D eigenvalue weighted by molar-refractivity contribution is -0.139. The van der Waals surface area contributed by atoms with E-state index in [4.69, 9.17) is 13.9 Å². The summed E-state index contributed by atoms with van der Waals surface area (Å²) < 4.78 is 16.5. The molecule has 7 nitrogen and oxygen atoms in total. The normalized spacial score (nSPS) is 16.7. The zero-order valence-corrected chi connectivity index (χ0v) is 18.2. The monoisotopic (exact) mass is 415 g/mol. The van der Waals surface area contributed by atoms with Crippen molar-refractivity contribution in [3.63, 3.8) is 0 Å². The predicted molar refractivity (Wildman–Crippen MR) is 113 cm³/mol. The maximum Gasteiger partial charge on any atom is 0.411 e. The summed E-state index contributed by atoms with van der Waals surface area (Å²) in [6.07, 6.45) is 2.35. The van der Waals surface area contributed by atoms with Crippen molar-refractivity contribution in [2.24, 2.45) is 0 Å². The second-order valence-electron chi connectivity index (χ2n) is 8.66. The molecule has 1 atom stereocenters. The van der Waals surface area contributed by atoms with Crippen LogP contribution in [0.2, 0.25) is 0 Å². The average molecular weight is 415 g/mol. The molecule has 1 aromatic carbocycles. The van der Waals surface area contributed by atoms with Gasteiger partial charge in [0.2, 0.25) is 0 Å². The van der Waals surface area contributed by atoms with E-state index in [1.54, 1.807) is 39.8 Å². The molecule has 0 bridgehead atoms. The van der Waals surface area contributed by atoms with Crippen LogP contribution in [0.3, 0.4) is 0 Å². The first-order valence-corrected chi connectivity index (χ1v) is 10.4. The fourth-order valence-corrected chi connectivity index (χ4v) is 3.72. The number of hydrogen-bond acceptors (Lipinski definition) is 6. The molecule has 0 unspecified atom stereocenters. The summed E-state index contributed by atoms with van der Waals surface area (Å²) >= 11 is 0. The summed E-state index contributed by atoms with van der Waals surface area (Å²) in [5, 5.41) is 0.838. The molecule has 1 saturated heterocycles. The van der Waals surface area contributed by atoms with E-state index in [0.717, 1.165) is 23.8 Å². The second-order valence-corrected chi connectivity index (χ2v) is 8.66. The summed E-state index contributed by atoms with van der Waals surface area (Å²) in [4.78, 5) is 38.7. The van der Waals surface area contributed by atoms with Crippen LogP contribution in [0, 0.1) is 6.92 Å². The van der Waals surface area contributed by atoms with Gasteiger partial charge in [-0.05, 0) is 64.7 Å². The van der Waals surface area contributed by atoms with Crippen LogP contribution in [0.15, 0.2) is 27.4 Å². The molecule has 7 heteroatoms. The molecule has 2 heterocycles. The highest BCUT2D eigenvalue weighted by Gasteiger charge is 2.38. The fourth-order valence-electron chi connectivity index (χ4n) is 3.72. The number of aryl methyl sites for hydroxylation is 2. The molecule has 0 saturated carbocycles. The maximum absolute atomic E-state index is 12.9. The minimum atomic E-state index is -0.701. The summed E-state index contributed by atoms with van der Waals surface area (Å²) in [6, 6.07) is 4.32. The van der Waals surface area contributed by atoms with Crippen LogP contribution in [0.1, 0.15) is 58.1 Å². The van der Waals surface area contributed by atoms with Gasteiger partial charge in [-0.25, -0.2) is 14.4 Å². The number of carbonyl (C=O) groups is 2. The van der Waals surface area contributed by atoms with Gasteiger partial charge in [0.25, 0.3) is 0 Å². The van der Waals surface area contributed by atoms with Gasteiger partial charge < -0.3 is 13.9 Å². The SMILES string of the molecule is CCCc1cc(=O)oc2c(C)c(OC(=O)[C@H]3CCCN3C(=O)OC(C)(C)C)ccc12. The molecule has 30 heavy (non-hydrogen) atoms. The number of nitrogens with zero attached hydrogens (tertiary/aromatic N) is 1. The van der Waals surface area contributed by atoms with E-state index in [0.29, 0.717) is 36.3 Å². The molecule has 0 N–H and O–H groups in total. The van der Waals surface area contributed by atoms with E-state index in [9.17, 15) is 14.4 Å². The van der Waals surface area contributed by atoms with Crippen molar-refractivity contribution >= 4 is 23.0 Å². The molecule has 162 valence electrons. The number of hydrogen-bond donors (Lipinski definition) is 0. The zero-order chi connectivity index (χ0) is 22.1. The third-order valence-corrected chi connectivity index (χ3v) is 5.08. The van der Waals surface area contributed by atoms with E-state index in [1.807, 2.05) is 6.92 Å². The third kappa shape index (κ3) is 4.66. The van der Waals surface area contributed by atoms with Crippen LogP contribution in [-0.4, -0.2) is 35.2 Å². The second kappa shape index (κ2) is 8.50. The number of amides is 1. The topological polar surface area (TPSA) is 86.0 Å². The number of rotatable bonds is 4. The number of fused-ring (bicyclic) bond motifs is 1. The Labute approximate surface area is 175 Å². The highest BCUT2D eigenvalue weighted by molar-refractivity contribution is 5.88. The van der Waals surface area contributed by atoms with Crippen molar-refractivity contribution in [2.75, 3.05) is 6.54 Å². The van der Waals surface area contributed by atoms with Gasteiger partial charge in [0.05, 0.1) is 0 Å². The molecular weight excluding hydrogens is 386 g/mol. The van der Waals surface area contributed by atoms with Crippen molar-refractivity contribution in [1.82, 2.24) is 4.90 Å². The standard InChI is InChI=1S/C23H29NO6/c1-6-8-15-13-19(25)29-20-14(2)18(11-10-16(15)20)28-21(26)17-9-7-12-24(17)22(27)30-23(3,4)5/h10-11,13,17H,6-9,12H2,1-5H3/t17-/m1/s1. The third-order valence-electron chi connectivity index (χ3n) is 5.08. The lowest BCUT2D eigenvalue weighted by atomic mass is 10.0. The Balaban J connectivity index is 1.85. The molecule has 2 aromatic rings. The van der Waals surface area contributed by atoms with Gasteiger partial charge in [0, 0.05) is 23.6 Å².